The standard InChI is InChI=1S/C8H6BrF4N/c9-3-1-4(10)6(5(11)2-3)7(14)8(12)13/h1-2,7-8H,14H2. The number of rotatable bonds is 2. The van der Waals surface area contributed by atoms with E-state index in [1.54, 1.807) is 0 Å². The molecule has 2 N–H and O–H groups in total. The van der Waals surface area contributed by atoms with Gasteiger partial charge in [0.2, 0.25) is 0 Å². The van der Waals surface area contributed by atoms with Gasteiger partial charge >= 0.3 is 0 Å². The fraction of sp³-hybridized carbons (Fsp3) is 0.250. The minimum atomic E-state index is -3.00. The molecule has 1 unspecified atom stereocenters. The number of halogens is 5. The van der Waals surface area contributed by atoms with Gasteiger partial charge in [-0.05, 0) is 12.1 Å². The molecule has 0 aromatic heterocycles. The van der Waals surface area contributed by atoms with Crippen LogP contribution in [0.5, 0.6) is 0 Å². The summed E-state index contributed by atoms with van der Waals surface area (Å²) in [4.78, 5) is 0. The van der Waals surface area contributed by atoms with Gasteiger partial charge in [-0.3, -0.25) is 0 Å². The molecule has 6 heteroatoms. The first-order valence-electron chi connectivity index (χ1n) is 3.61. The van der Waals surface area contributed by atoms with Crippen LogP contribution in [-0.2, 0) is 0 Å². The first-order chi connectivity index (χ1) is 6.43. The lowest BCUT2D eigenvalue weighted by atomic mass is 10.1. The largest absolute Gasteiger partial charge is 0.319 e. The van der Waals surface area contributed by atoms with Gasteiger partial charge in [-0.2, -0.15) is 0 Å². The molecule has 0 aliphatic rings. The number of hydrogen-bond acceptors (Lipinski definition) is 1. The molecular weight excluding hydrogens is 266 g/mol. The molecule has 14 heavy (non-hydrogen) atoms. The second kappa shape index (κ2) is 4.27. The molecule has 0 amide bonds. The lowest BCUT2D eigenvalue weighted by molar-refractivity contribution is 0.113. The quantitative estimate of drug-likeness (QED) is 0.823. The van der Waals surface area contributed by atoms with Crippen molar-refractivity contribution in [2.24, 2.45) is 5.73 Å². The van der Waals surface area contributed by atoms with E-state index in [4.69, 9.17) is 5.73 Å². The third-order valence-corrected chi connectivity index (χ3v) is 2.11. The smallest absolute Gasteiger partial charge is 0.257 e. The second-order valence-electron chi connectivity index (χ2n) is 2.64. The predicted molar refractivity (Wildman–Crippen MR) is 47.0 cm³/mol. The highest BCUT2D eigenvalue weighted by Gasteiger charge is 2.24. The van der Waals surface area contributed by atoms with E-state index in [0.29, 0.717) is 0 Å². The minimum absolute atomic E-state index is 0.137. The van der Waals surface area contributed by atoms with Crippen LogP contribution in [0.3, 0.4) is 0 Å². The molecule has 1 aromatic carbocycles. The van der Waals surface area contributed by atoms with Crippen molar-refractivity contribution in [2.45, 2.75) is 12.5 Å². The Labute approximate surface area is 86.0 Å². The summed E-state index contributed by atoms with van der Waals surface area (Å²) >= 11 is 2.82. The summed E-state index contributed by atoms with van der Waals surface area (Å²) in [5.41, 5.74) is 4.16. The lowest BCUT2D eigenvalue weighted by Crippen LogP contribution is -2.21. The molecule has 1 atom stereocenters. The van der Waals surface area contributed by atoms with Gasteiger partial charge in [0.15, 0.2) is 0 Å². The molecule has 78 valence electrons. The summed E-state index contributed by atoms with van der Waals surface area (Å²) < 4.78 is 50.4. The Hall–Kier alpha value is -0.620. The Balaban J connectivity index is 3.20. The number of benzene rings is 1. The van der Waals surface area contributed by atoms with E-state index in [0.717, 1.165) is 12.1 Å². The summed E-state index contributed by atoms with van der Waals surface area (Å²) in [7, 11) is 0. The van der Waals surface area contributed by atoms with Crippen LogP contribution in [-0.4, -0.2) is 6.43 Å². The maximum Gasteiger partial charge on any atom is 0.257 e. The van der Waals surface area contributed by atoms with Crippen molar-refractivity contribution in [3.05, 3.63) is 33.8 Å². The van der Waals surface area contributed by atoms with Crippen molar-refractivity contribution in [1.82, 2.24) is 0 Å². The average molecular weight is 272 g/mol. The molecule has 0 heterocycles. The zero-order valence-electron chi connectivity index (χ0n) is 6.78. The van der Waals surface area contributed by atoms with Gasteiger partial charge in [-0.15, -0.1) is 0 Å². The summed E-state index contributed by atoms with van der Waals surface area (Å²) in [5, 5.41) is 0. The third kappa shape index (κ3) is 2.24. The van der Waals surface area contributed by atoms with E-state index >= 15 is 0 Å². The highest BCUT2D eigenvalue weighted by Crippen LogP contribution is 2.26. The molecule has 0 radical (unpaired) electrons. The summed E-state index contributed by atoms with van der Waals surface area (Å²) in [6, 6.07) is -0.163. The van der Waals surface area contributed by atoms with E-state index in [-0.39, 0.29) is 4.47 Å². The topological polar surface area (TPSA) is 26.0 Å². The van der Waals surface area contributed by atoms with Crippen molar-refractivity contribution < 1.29 is 17.6 Å². The molecule has 0 aliphatic heterocycles. The van der Waals surface area contributed by atoms with Crippen molar-refractivity contribution in [2.75, 3.05) is 0 Å². The molecule has 0 saturated heterocycles. The summed E-state index contributed by atoms with van der Waals surface area (Å²) in [6.07, 6.45) is -3.00. The Kier molecular flexibility index (Phi) is 3.49. The molecule has 0 saturated carbocycles. The average Bonchev–Trinajstić information content (AvgIpc) is 2.01. The molecule has 1 nitrogen and oxygen atoms in total. The SMILES string of the molecule is NC(c1c(F)cc(Br)cc1F)C(F)F. The Morgan fingerprint density at radius 2 is 1.57 bits per heavy atom. The predicted octanol–water partition coefficient (Wildman–Crippen LogP) is 2.99. The van der Waals surface area contributed by atoms with E-state index in [1.807, 2.05) is 0 Å². The fourth-order valence-corrected chi connectivity index (χ4v) is 1.40. The minimum Gasteiger partial charge on any atom is -0.319 e. The third-order valence-electron chi connectivity index (χ3n) is 1.65. The van der Waals surface area contributed by atoms with Crippen molar-refractivity contribution in [1.29, 1.82) is 0 Å². The molecule has 0 spiro atoms. The van der Waals surface area contributed by atoms with Gasteiger partial charge in [0.25, 0.3) is 6.43 Å². The first kappa shape index (κ1) is 11.5. The van der Waals surface area contributed by atoms with Crippen LogP contribution in [0.15, 0.2) is 16.6 Å². The van der Waals surface area contributed by atoms with Gasteiger partial charge in [-0.25, -0.2) is 17.6 Å². The van der Waals surface area contributed by atoms with Crippen LogP contribution in [0.2, 0.25) is 0 Å². The number of alkyl halides is 2. The highest BCUT2D eigenvalue weighted by molar-refractivity contribution is 9.10. The molecular formula is C8H6BrF4N. The van der Waals surface area contributed by atoms with Crippen molar-refractivity contribution in [3.63, 3.8) is 0 Å². The monoisotopic (exact) mass is 271 g/mol. The van der Waals surface area contributed by atoms with E-state index < -0.39 is 29.7 Å². The Morgan fingerprint density at radius 1 is 1.14 bits per heavy atom. The van der Waals surface area contributed by atoms with E-state index in [1.165, 1.54) is 0 Å². The Morgan fingerprint density at radius 3 is 1.93 bits per heavy atom. The maximum absolute atomic E-state index is 13.0. The van der Waals surface area contributed by atoms with Gasteiger partial charge in [0.05, 0.1) is 6.04 Å². The number of nitrogens with two attached hydrogens (primary N) is 1. The van der Waals surface area contributed by atoms with Crippen LogP contribution >= 0.6 is 15.9 Å². The van der Waals surface area contributed by atoms with Crippen LogP contribution in [0.4, 0.5) is 17.6 Å². The zero-order valence-corrected chi connectivity index (χ0v) is 8.36. The lowest BCUT2D eigenvalue weighted by Gasteiger charge is -2.12. The van der Waals surface area contributed by atoms with Crippen LogP contribution < -0.4 is 5.73 Å². The number of hydrogen-bond donors (Lipinski definition) is 1. The molecule has 0 fully saturated rings. The van der Waals surface area contributed by atoms with Gasteiger partial charge in [0.1, 0.15) is 11.6 Å². The summed E-state index contributed by atoms with van der Waals surface area (Å²) in [6.45, 7) is 0. The van der Waals surface area contributed by atoms with E-state index in [2.05, 4.69) is 15.9 Å². The molecule has 0 aliphatic carbocycles. The van der Waals surface area contributed by atoms with E-state index in [9.17, 15) is 17.6 Å². The van der Waals surface area contributed by atoms with Crippen molar-refractivity contribution in [3.8, 4) is 0 Å². The zero-order chi connectivity index (χ0) is 10.9. The molecule has 0 bridgehead atoms. The van der Waals surface area contributed by atoms with Crippen LogP contribution in [0.25, 0.3) is 0 Å². The van der Waals surface area contributed by atoms with Crippen LogP contribution in [0, 0.1) is 11.6 Å². The van der Waals surface area contributed by atoms with Gasteiger partial charge in [-0.1, -0.05) is 15.9 Å². The molecule has 1 rings (SSSR count). The maximum atomic E-state index is 13.0. The highest BCUT2D eigenvalue weighted by atomic mass is 79.9. The Bertz CT molecular complexity index is 319. The summed E-state index contributed by atoms with van der Waals surface area (Å²) in [5.74, 6) is -2.16. The normalized spacial score (nSPS) is 13.4. The second-order valence-corrected chi connectivity index (χ2v) is 3.56. The van der Waals surface area contributed by atoms with Crippen molar-refractivity contribution >= 4 is 15.9 Å². The van der Waals surface area contributed by atoms with Gasteiger partial charge < -0.3 is 5.73 Å². The van der Waals surface area contributed by atoms with Crippen LogP contribution in [0.1, 0.15) is 11.6 Å². The van der Waals surface area contributed by atoms with Gasteiger partial charge in [0, 0.05) is 10.0 Å². The first-order valence-corrected chi connectivity index (χ1v) is 4.41. The molecule has 1 aromatic rings. The fourth-order valence-electron chi connectivity index (χ4n) is 0.998.